The summed E-state index contributed by atoms with van der Waals surface area (Å²) in [6, 6.07) is 15.1. The van der Waals surface area contributed by atoms with Crippen molar-refractivity contribution in [2.24, 2.45) is 0 Å². The molecule has 0 aliphatic carbocycles. The van der Waals surface area contributed by atoms with Crippen molar-refractivity contribution < 1.29 is 31.4 Å². The maximum Gasteiger partial charge on any atom is 0.339 e. The topological polar surface area (TPSA) is 110 Å². The number of amides is 3. The van der Waals surface area contributed by atoms with Gasteiger partial charge in [0.15, 0.2) is 5.75 Å². The van der Waals surface area contributed by atoms with Gasteiger partial charge in [-0.2, -0.15) is 8.42 Å². The van der Waals surface area contributed by atoms with Crippen LogP contribution in [0.2, 0.25) is 5.02 Å². The van der Waals surface area contributed by atoms with Crippen molar-refractivity contribution in [3.05, 3.63) is 93.6 Å². The van der Waals surface area contributed by atoms with Gasteiger partial charge in [0.25, 0.3) is 11.1 Å². The zero-order chi connectivity index (χ0) is 26.7. The Bertz CT molecular complexity index is 1520. The lowest BCUT2D eigenvalue weighted by Crippen LogP contribution is -2.27. The van der Waals surface area contributed by atoms with Crippen LogP contribution in [0.1, 0.15) is 18.1 Å². The minimum Gasteiger partial charge on any atom is -0.377 e. The van der Waals surface area contributed by atoms with E-state index in [2.05, 4.69) is 5.32 Å². The van der Waals surface area contributed by atoms with Crippen molar-refractivity contribution in [2.75, 3.05) is 5.32 Å². The third-order valence-electron chi connectivity index (χ3n) is 5.04. The van der Waals surface area contributed by atoms with Crippen molar-refractivity contribution >= 4 is 62.3 Å². The lowest BCUT2D eigenvalue weighted by Gasteiger charge is -2.12. The number of carbonyl (C=O) groups excluding carboxylic acids is 3. The fourth-order valence-corrected chi connectivity index (χ4v) is 5.37. The standard InChI is InChI=1S/C25H18ClFN2O6S2/c1-15(30)28-19-7-9-20(10-8-19)37(33,34)35-22-11-4-17(12-21(22)26)13-23-24(31)29(25(32)36-23)14-16-2-5-18(27)6-3-16/h2-13H,14H2,1H3,(H,28,30)/b23-13-. The Labute approximate surface area is 221 Å². The van der Waals surface area contributed by atoms with Crippen molar-refractivity contribution in [1.29, 1.82) is 0 Å². The van der Waals surface area contributed by atoms with E-state index in [1.54, 1.807) is 0 Å². The molecule has 0 spiro atoms. The molecule has 3 aromatic rings. The molecule has 8 nitrogen and oxygen atoms in total. The van der Waals surface area contributed by atoms with Gasteiger partial charge in [0.2, 0.25) is 5.91 Å². The fraction of sp³-hybridized carbons (Fsp3) is 0.0800. The lowest BCUT2D eigenvalue weighted by atomic mass is 10.2. The van der Waals surface area contributed by atoms with Gasteiger partial charge in [0, 0.05) is 12.6 Å². The van der Waals surface area contributed by atoms with E-state index in [4.69, 9.17) is 15.8 Å². The molecule has 4 rings (SSSR count). The van der Waals surface area contributed by atoms with Crippen molar-refractivity contribution in [3.8, 4) is 5.75 Å². The summed E-state index contributed by atoms with van der Waals surface area (Å²) in [5.41, 5.74) is 1.47. The second kappa shape index (κ2) is 10.8. The van der Waals surface area contributed by atoms with E-state index in [1.165, 1.54) is 79.7 Å². The van der Waals surface area contributed by atoms with Crippen molar-refractivity contribution in [1.82, 2.24) is 4.90 Å². The summed E-state index contributed by atoms with van der Waals surface area (Å²) in [7, 11) is -4.22. The summed E-state index contributed by atoms with van der Waals surface area (Å²) in [6.45, 7) is 1.33. The number of rotatable bonds is 7. The number of nitrogens with zero attached hydrogens (tertiary/aromatic N) is 1. The summed E-state index contributed by atoms with van der Waals surface area (Å²) in [5.74, 6) is -1.36. The molecular formula is C25H18ClFN2O6S2. The number of hydrogen-bond donors (Lipinski definition) is 1. The van der Waals surface area contributed by atoms with E-state index < -0.39 is 27.1 Å². The van der Waals surface area contributed by atoms with Gasteiger partial charge in [0.05, 0.1) is 16.5 Å². The third-order valence-corrected chi connectivity index (χ3v) is 7.50. The first-order valence-electron chi connectivity index (χ1n) is 10.6. The summed E-state index contributed by atoms with van der Waals surface area (Å²) >= 11 is 6.99. The van der Waals surface area contributed by atoms with Gasteiger partial charge >= 0.3 is 10.1 Å². The maximum atomic E-state index is 13.1. The molecule has 0 saturated carbocycles. The Morgan fingerprint density at radius 1 is 1.08 bits per heavy atom. The highest BCUT2D eigenvalue weighted by Crippen LogP contribution is 2.35. The molecule has 1 aliphatic rings. The highest BCUT2D eigenvalue weighted by atomic mass is 35.5. The first-order valence-corrected chi connectivity index (χ1v) is 13.2. The van der Waals surface area contributed by atoms with E-state index in [-0.39, 0.29) is 33.0 Å². The minimum atomic E-state index is -4.22. The SMILES string of the molecule is CC(=O)Nc1ccc(S(=O)(=O)Oc2ccc(/C=C3\SC(=O)N(Cc4ccc(F)cc4)C3=O)cc2Cl)cc1. The van der Waals surface area contributed by atoms with Gasteiger partial charge < -0.3 is 9.50 Å². The Morgan fingerprint density at radius 3 is 2.38 bits per heavy atom. The normalized spacial score (nSPS) is 14.8. The van der Waals surface area contributed by atoms with E-state index >= 15 is 0 Å². The molecule has 0 radical (unpaired) electrons. The van der Waals surface area contributed by atoms with Crippen LogP contribution >= 0.6 is 23.4 Å². The number of carbonyl (C=O) groups is 3. The number of imide groups is 1. The molecule has 190 valence electrons. The third kappa shape index (κ3) is 6.37. The van der Waals surface area contributed by atoms with Crippen molar-refractivity contribution in [2.45, 2.75) is 18.4 Å². The molecule has 12 heteroatoms. The molecule has 1 heterocycles. The smallest absolute Gasteiger partial charge is 0.339 e. The summed E-state index contributed by atoms with van der Waals surface area (Å²) in [4.78, 5) is 37.3. The largest absolute Gasteiger partial charge is 0.377 e. The zero-order valence-electron chi connectivity index (χ0n) is 19.1. The highest BCUT2D eigenvalue weighted by Gasteiger charge is 2.35. The predicted octanol–water partition coefficient (Wildman–Crippen LogP) is 5.44. The van der Waals surface area contributed by atoms with Gasteiger partial charge in [0.1, 0.15) is 10.7 Å². The number of thioether (sulfide) groups is 1. The van der Waals surface area contributed by atoms with Crippen LogP contribution in [0, 0.1) is 5.82 Å². The number of hydrogen-bond acceptors (Lipinski definition) is 7. The Hall–Kier alpha value is -3.67. The molecule has 1 saturated heterocycles. The molecular weight excluding hydrogens is 543 g/mol. The maximum absolute atomic E-state index is 13.1. The molecule has 0 aromatic heterocycles. The fourth-order valence-electron chi connectivity index (χ4n) is 3.31. The first-order chi connectivity index (χ1) is 17.5. The second-order valence-electron chi connectivity index (χ2n) is 7.83. The zero-order valence-corrected chi connectivity index (χ0v) is 21.5. The van der Waals surface area contributed by atoms with E-state index in [0.29, 0.717) is 16.8 Å². The molecule has 3 aromatic carbocycles. The van der Waals surface area contributed by atoms with Crippen LogP contribution in [0.4, 0.5) is 14.9 Å². The summed E-state index contributed by atoms with van der Waals surface area (Å²) in [5, 5.41) is 2.04. The van der Waals surface area contributed by atoms with E-state index in [9.17, 15) is 27.2 Å². The van der Waals surface area contributed by atoms with E-state index in [0.717, 1.165) is 16.7 Å². The average molecular weight is 561 g/mol. The molecule has 1 N–H and O–H groups in total. The first kappa shape index (κ1) is 26.4. The van der Waals surface area contributed by atoms with Crippen LogP contribution in [0.5, 0.6) is 5.75 Å². The monoisotopic (exact) mass is 560 g/mol. The van der Waals surface area contributed by atoms with Gasteiger partial charge in [-0.05, 0) is 77.5 Å². The van der Waals surface area contributed by atoms with Gasteiger partial charge in [-0.1, -0.05) is 29.8 Å². The quantitative estimate of drug-likeness (QED) is 0.302. The predicted molar refractivity (Wildman–Crippen MR) is 138 cm³/mol. The number of halogens is 2. The summed E-state index contributed by atoms with van der Waals surface area (Å²) in [6.07, 6.45) is 1.46. The van der Waals surface area contributed by atoms with Crippen LogP contribution in [0.25, 0.3) is 6.08 Å². The number of nitrogens with one attached hydrogen (secondary N) is 1. The summed E-state index contributed by atoms with van der Waals surface area (Å²) < 4.78 is 43.6. The average Bonchev–Trinajstić information content (AvgIpc) is 3.09. The van der Waals surface area contributed by atoms with Gasteiger partial charge in [-0.25, -0.2) is 4.39 Å². The molecule has 0 bridgehead atoms. The molecule has 1 aliphatic heterocycles. The Morgan fingerprint density at radius 2 is 1.76 bits per heavy atom. The molecule has 1 fully saturated rings. The second-order valence-corrected chi connectivity index (χ2v) is 10.8. The van der Waals surface area contributed by atoms with Crippen molar-refractivity contribution in [3.63, 3.8) is 0 Å². The highest BCUT2D eigenvalue weighted by molar-refractivity contribution is 8.18. The lowest BCUT2D eigenvalue weighted by molar-refractivity contribution is -0.123. The molecule has 37 heavy (non-hydrogen) atoms. The molecule has 0 atom stereocenters. The van der Waals surface area contributed by atoms with Crippen LogP contribution in [-0.2, 0) is 26.3 Å². The van der Waals surface area contributed by atoms with Crippen LogP contribution in [0.3, 0.4) is 0 Å². The Kier molecular flexibility index (Phi) is 7.67. The van der Waals surface area contributed by atoms with Gasteiger partial charge in [-0.15, -0.1) is 0 Å². The number of benzene rings is 3. The van der Waals surface area contributed by atoms with Crippen LogP contribution in [0.15, 0.2) is 76.5 Å². The van der Waals surface area contributed by atoms with Crippen LogP contribution < -0.4 is 9.50 Å². The minimum absolute atomic E-state index is 0.000522. The van der Waals surface area contributed by atoms with E-state index in [1.807, 2.05) is 0 Å². The Balaban J connectivity index is 1.48. The van der Waals surface area contributed by atoms with Gasteiger partial charge in [-0.3, -0.25) is 19.3 Å². The molecule has 3 amide bonds. The number of anilines is 1. The van der Waals surface area contributed by atoms with Crippen LogP contribution in [-0.4, -0.2) is 30.4 Å². The molecule has 0 unspecified atom stereocenters.